The van der Waals surface area contributed by atoms with E-state index in [9.17, 15) is 4.79 Å². The van der Waals surface area contributed by atoms with E-state index in [4.69, 9.17) is 10.5 Å². The van der Waals surface area contributed by atoms with E-state index < -0.39 is 0 Å². The van der Waals surface area contributed by atoms with Crippen LogP contribution in [0, 0.1) is 11.8 Å². The summed E-state index contributed by atoms with van der Waals surface area (Å²) < 4.78 is 5.41. The minimum absolute atomic E-state index is 0.198. The second-order valence-corrected chi connectivity index (χ2v) is 6.41. The molecule has 2 aliphatic heterocycles. The molecule has 3 unspecified atom stereocenters. The number of rotatable bonds is 3. The topological polar surface area (TPSA) is 58.8 Å². The number of nitrogens with two attached hydrogens (primary N) is 1. The summed E-state index contributed by atoms with van der Waals surface area (Å²) in [6.07, 6.45) is 4.46. The second kappa shape index (κ2) is 6.41. The van der Waals surface area contributed by atoms with Gasteiger partial charge in [-0.3, -0.25) is 9.69 Å². The molecule has 3 rings (SSSR count). The van der Waals surface area contributed by atoms with Gasteiger partial charge in [-0.1, -0.05) is 6.42 Å². The monoisotopic (exact) mass is 281 g/mol. The fraction of sp³-hybridized carbons (Fsp3) is 0.933. The molecule has 2 N–H and O–H groups in total. The van der Waals surface area contributed by atoms with E-state index in [-0.39, 0.29) is 5.92 Å². The molecule has 1 saturated carbocycles. The summed E-state index contributed by atoms with van der Waals surface area (Å²) in [5.41, 5.74) is 5.81. The maximum Gasteiger partial charge on any atom is 0.226 e. The third kappa shape index (κ3) is 2.85. The van der Waals surface area contributed by atoms with Gasteiger partial charge in [0, 0.05) is 38.1 Å². The Morgan fingerprint density at radius 3 is 2.70 bits per heavy atom. The molecule has 2 heterocycles. The van der Waals surface area contributed by atoms with Gasteiger partial charge in [0.25, 0.3) is 0 Å². The van der Waals surface area contributed by atoms with E-state index in [1.165, 1.54) is 6.42 Å². The molecule has 0 bridgehead atoms. The summed E-state index contributed by atoms with van der Waals surface area (Å²) in [4.78, 5) is 17.3. The lowest BCUT2D eigenvalue weighted by molar-refractivity contribution is -0.135. The predicted molar refractivity (Wildman–Crippen MR) is 77.3 cm³/mol. The molecular formula is C15H27N3O2. The molecule has 114 valence electrons. The fourth-order valence-electron chi connectivity index (χ4n) is 4.06. The van der Waals surface area contributed by atoms with Crippen molar-refractivity contribution in [1.82, 2.24) is 9.80 Å². The lowest BCUT2D eigenvalue weighted by atomic mass is 9.95. The van der Waals surface area contributed by atoms with Gasteiger partial charge >= 0.3 is 0 Å². The van der Waals surface area contributed by atoms with E-state index >= 15 is 0 Å². The van der Waals surface area contributed by atoms with Crippen molar-refractivity contribution >= 4 is 5.91 Å². The molecule has 5 heteroatoms. The molecule has 1 aliphatic carbocycles. The van der Waals surface area contributed by atoms with E-state index in [1.807, 2.05) is 0 Å². The Balaban J connectivity index is 1.55. The van der Waals surface area contributed by atoms with Crippen molar-refractivity contribution in [2.24, 2.45) is 17.6 Å². The molecule has 3 aliphatic rings. The van der Waals surface area contributed by atoms with Gasteiger partial charge in [0.2, 0.25) is 5.91 Å². The standard InChI is InChI=1S/C15H27N3O2/c16-10-12-2-1-3-14(12)15(19)18-5-4-13(11-18)17-6-8-20-9-7-17/h12-14H,1-11,16H2. The van der Waals surface area contributed by atoms with E-state index in [0.717, 1.165) is 58.7 Å². The predicted octanol–water partition coefficient (Wildman–Crippen LogP) is 0.295. The van der Waals surface area contributed by atoms with Crippen LogP contribution in [0.3, 0.4) is 0 Å². The summed E-state index contributed by atoms with van der Waals surface area (Å²) in [6.45, 7) is 6.20. The van der Waals surface area contributed by atoms with Crippen molar-refractivity contribution in [1.29, 1.82) is 0 Å². The van der Waals surface area contributed by atoms with Crippen LogP contribution in [0.25, 0.3) is 0 Å². The van der Waals surface area contributed by atoms with Crippen LogP contribution < -0.4 is 5.73 Å². The minimum atomic E-state index is 0.198. The second-order valence-electron chi connectivity index (χ2n) is 6.41. The number of amides is 1. The van der Waals surface area contributed by atoms with Crippen molar-refractivity contribution in [3.63, 3.8) is 0 Å². The zero-order valence-corrected chi connectivity index (χ0v) is 12.3. The van der Waals surface area contributed by atoms with Gasteiger partial charge in [-0.2, -0.15) is 0 Å². The summed E-state index contributed by atoms with van der Waals surface area (Å²) in [5, 5.41) is 0. The van der Waals surface area contributed by atoms with Crippen molar-refractivity contribution in [3.8, 4) is 0 Å². The van der Waals surface area contributed by atoms with E-state index in [0.29, 0.717) is 24.4 Å². The SMILES string of the molecule is NCC1CCCC1C(=O)N1CCC(N2CCOCC2)C1. The smallest absolute Gasteiger partial charge is 0.226 e. The average molecular weight is 281 g/mol. The van der Waals surface area contributed by atoms with Crippen molar-refractivity contribution in [3.05, 3.63) is 0 Å². The highest BCUT2D eigenvalue weighted by atomic mass is 16.5. The Morgan fingerprint density at radius 2 is 1.95 bits per heavy atom. The summed E-state index contributed by atoms with van der Waals surface area (Å²) in [7, 11) is 0. The Morgan fingerprint density at radius 1 is 1.15 bits per heavy atom. The number of morpholine rings is 1. The van der Waals surface area contributed by atoms with Gasteiger partial charge < -0.3 is 15.4 Å². The van der Waals surface area contributed by atoms with E-state index in [2.05, 4.69) is 9.80 Å². The van der Waals surface area contributed by atoms with Crippen LogP contribution in [-0.2, 0) is 9.53 Å². The van der Waals surface area contributed by atoms with Crippen molar-refractivity contribution in [2.75, 3.05) is 45.9 Å². The quantitative estimate of drug-likeness (QED) is 0.808. The third-order valence-electron chi connectivity index (χ3n) is 5.32. The fourth-order valence-corrected chi connectivity index (χ4v) is 4.06. The van der Waals surface area contributed by atoms with Crippen LogP contribution in [0.2, 0.25) is 0 Å². The third-order valence-corrected chi connectivity index (χ3v) is 5.32. The van der Waals surface area contributed by atoms with Gasteiger partial charge in [0.05, 0.1) is 13.2 Å². The lowest BCUT2D eigenvalue weighted by Gasteiger charge is -2.32. The molecular weight excluding hydrogens is 254 g/mol. The highest BCUT2D eigenvalue weighted by molar-refractivity contribution is 5.79. The molecule has 0 aromatic carbocycles. The van der Waals surface area contributed by atoms with Crippen molar-refractivity contribution in [2.45, 2.75) is 31.7 Å². The zero-order chi connectivity index (χ0) is 13.9. The average Bonchev–Trinajstić information content (AvgIpc) is 3.16. The highest BCUT2D eigenvalue weighted by Crippen LogP contribution is 2.33. The van der Waals surface area contributed by atoms with Crippen LogP contribution in [0.5, 0.6) is 0 Å². The summed E-state index contributed by atoms with van der Waals surface area (Å²) >= 11 is 0. The normalized spacial score (nSPS) is 35.6. The Bertz CT molecular complexity index is 344. The Kier molecular flexibility index (Phi) is 4.58. The van der Waals surface area contributed by atoms with Crippen LogP contribution in [0.15, 0.2) is 0 Å². The number of ether oxygens (including phenoxy) is 1. The molecule has 5 nitrogen and oxygen atoms in total. The van der Waals surface area contributed by atoms with Gasteiger partial charge in [-0.15, -0.1) is 0 Å². The molecule has 3 atom stereocenters. The maximum atomic E-state index is 12.7. The number of nitrogens with zero attached hydrogens (tertiary/aromatic N) is 2. The van der Waals surface area contributed by atoms with Gasteiger partial charge in [-0.05, 0) is 31.7 Å². The van der Waals surface area contributed by atoms with Crippen LogP contribution in [0.4, 0.5) is 0 Å². The summed E-state index contributed by atoms with van der Waals surface area (Å²) in [5.74, 6) is 0.988. The molecule has 0 spiro atoms. The first-order valence-corrected chi connectivity index (χ1v) is 8.10. The van der Waals surface area contributed by atoms with E-state index in [1.54, 1.807) is 0 Å². The summed E-state index contributed by atoms with van der Waals surface area (Å²) in [6, 6.07) is 0.542. The lowest BCUT2D eigenvalue weighted by Crippen LogP contribution is -2.46. The maximum absolute atomic E-state index is 12.7. The van der Waals surface area contributed by atoms with Crippen molar-refractivity contribution < 1.29 is 9.53 Å². The Hall–Kier alpha value is -0.650. The first-order chi connectivity index (χ1) is 9.79. The molecule has 1 amide bonds. The molecule has 0 aromatic heterocycles. The number of likely N-dealkylation sites (tertiary alicyclic amines) is 1. The number of hydrogen-bond acceptors (Lipinski definition) is 4. The first kappa shape index (κ1) is 14.3. The minimum Gasteiger partial charge on any atom is -0.379 e. The molecule has 3 fully saturated rings. The number of hydrogen-bond donors (Lipinski definition) is 1. The number of carbonyl (C=O) groups is 1. The van der Waals surface area contributed by atoms with Gasteiger partial charge in [0.1, 0.15) is 0 Å². The molecule has 0 aromatic rings. The zero-order valence-electron chi connectivity index (χ0n) is 12.3. The molecule has 2 saturated heterocycles. The molecule has 0 radical (unpaired) electrons. The van der Waals surface area contributed by atoms with Crippen LogP contribution in [0.1, 0.15) is 25.7 Å². The van der Waals surface area contributed by atoms with Gasteiger partial charge in [-0.25, -0.2) is 0 Å². The largest absolute Gasteiger partial charge is 0.379 e. The number of carbonyl (C=O) groups excluding carboxylic acids is 1. The highest BCUT2D eigenvalue weighted by Gasteiger charge is 2.38. The molecule has 20 heavy (non-hydrogen) atoms. The van der Waals surface area contributed by atoms with Gasteiger partial charge in [0.15, 0.2) is 0 Å². The van der Waals surface area contributed by atoms with Crippen LogP contribution in [-0.4, -0.2) is 67.7 Å². The Labute approximate surface area is 121 Å². The van der Waals surface area contributed by atoms with Crippen LogP contribution >= 0.6 is 0 Å². The first-order valence-electron chi connectivity index (χ1n) is 8.10.